The number of halogens is 2. The molecule has 0 amide bonds. The molecule has 0 saturated heterocycles. The van der Waals surface area contributed by atoms with Gasteiger partial charge < -0.3 is 5.11 Å². The van der Waals surface area contributed by atoms with Crippen LogP contribution in [-0.4, -0.2) is 5.11 Å². The third-order valence-electron chi connectivity index (χ3n) is 2.40. The number of aryl methyl sites for hydroxylation is 1. The number of thiophene rings is 1. The zero-order chi connectivity index (χ0) is 11.7. The van der Waals surface area contributed by atoms with Gasteiger partial charge in [0.05, 0.1) is 0 Å². The van der Waals surface area contributed by atoms with Crippen LogP contribution in [0.15, 0.2) is 34.1 Å². The highest BCUT2D eigenvalue weighted by Crippen LogP contribution is 2.33. The summed E-state index contributed by atoms with van der Waals surface area (Å²) in [5.41, 5.74) is 1.58. The third kappa shape index (κ3) is 2.19. The first-order chi connectivity index (χ1) is 7.59. The molecule has 0 saturated carbocycles. The van der Waals surface area contributed by atoms with Gasteiger partial charge in [-0.1, -0.05) is 15.9 Å². The van der Waals surface area contributed by atoms with Gasteiger partial charge in [0.25, 0.3) is 0 Å². The fourth-order valence-corrected chi connectivity index (χ4v) is 2.92. The number of hydrogen-bond donors (Lipinski definition) is 1. The van der Waals surface area contributed by atoms with Gasteiger partial charge in [0, 0.05) is 14.9 Å². The molecule has 1 atom stereocenters. The average Bonchev–Trinajstić information content (AvgIpc) is 2.67. The molecule has 1 heterocycles. The fourth-order valence-electron chi connectivity index (χ4n) is 1.53. The lowest BCUT2D eigenvalue weighted by atomic mass is 10.1. The van der Waals surface area contributed by atoms with Gasteiger partial charge in [-0.3, -0.25) is 0 Å². The molecule has 84 valence electrons. The van der Waals surface area contributed by atoms with Crippen molar-refractivity contribution in [3.63, 3.8) is 0 Å². The minimum absolute atomic E-state index is 0.341. The molecule has 0 radical (unpaired) electrons. The SMILES string of the molecule is Cc1ccsc1C(O)c1cc(F)ccc1Br. The number of benzene rings is 1. The Balaban J connectivity index is 2.45. The van der Waals surface area contributed by atoms with E-state index < -0.39 is 6.10 Å². The summed E-state index contributed by atoms with van der Waals surface area (Å²) in [7, 11) is 0. The van der Waals surface area contributed by atoms with Crippen molar-refractivity contribution < 1.29 is 9.50 Å². The van der Waals surface area contributed by atoms with Crippen molar-refractivity contribution >= 4 is 27.3 Å². The number of aliphatic hydroxyl groups is 1. The lowest BCUT2D eigenvalue weighted by Crippen LogP contribution is -2.00. The molecule has 4 heteroatoms. The summed E-state index contributed by atoms with van der Waals surface area (Å²) in [5, 5.41) is 12.1. The van der Waals surface area contributed by atoms with E-state index in [1.807, 2.05) is 18.4 Å². The van der Waals surface area contributed by atoms with Crippen molar-refractivity contribution in [1.29, 1.82) is 0 Å². The highest BCUT2D eigenvalue weighted by molar-refractivity contribution is 9.10. The number of hydrogen-bond acceptors (Lipinski definition) is 2. The molecule has 1 aromatic carbocycles. The van der Waals surface area contributed by atoms with Crippen molar-refractivity contribution in [3.05, 3.63) is 55.9 Å². The molecule has 1 unspecified atom stereocenters. The average molecular weight is 301 g/mol. The Bertz CT molecular complexity index is 509. The topological polar surface area (TPSA) is 20.2 Å². The largest absolute Gasteiger partial charge is 0.383 e. The first-order valence-electron chi connectivity index (χ1n) is 4.76. The van der Waals surface area contributed by atoms with E-state index in [1.54, 1.807) is 6.07 Å². The Morgan fingerprint density at radius 2 is 2.12 bits per heavy atom. The Hall–Kier alpha value is -0.710. The molecule has 1 aromatic heterocycles. The van der Waals surface area contributed by atoms with Gasteiger partial charge in [0.1, 0.15) is 11.9 Å². The molecule has 16 heavy (non-hydrogen) atoms. The smallest absolute Gasteiger partial charge is 0.123 e. The van der Waals surface area contributed by atoms with E-state index in [0.29, 0.717) is 10.0 Å². The molecule has 0 aliphatic heterocycles. The summed E-state index contributed by atoms with van der Waals surface area (Å²) in [5.74, 6) is -0.341. The number of rotatable bonds is 2. The van der Waals surface area contributed by atoms with E-state index >= 15 is 0 Å². The predicted molar refractivity (Wildman–Crippen MR) is 67.2 cm³/mol. The van der Waals surface area contributed by atoms with Crippen LogP contribution < -0.4 is 0 Å². The van der Waals surface area contributed by atoms with Crippen LogP contribution in [0.5, 0.6) is 0 Å². The van der Waals surface area contributed by atoms with Gasteiger partial charge in [0.2, 0.25) is 0 Å². The van der Waals surface area contributed by atoms with Crippen molar-refractivity contribution in [3.8, 4) is 0 Å². The molecule has 0 fully saturated rings. The van der Waals surface area contributed by atoms with Crippen LogP contribution in [0.2, 0.25) is 0 Å². The van der Waals surface area contributed by atoms with Crippen LogP contribution in [-0.2, 0) is 0 Å². The van der Waals surface area contributed by atoms with Crippen molar-refractivity contribution in [2.75, 3.05) is 0 Å². The van der Waals surface area contributed by atoms with Gasteiger partial charge in [-0.05, 0) is 42.1 Å². The molecule has 1 nitrogen and oxygen atoms in total. The lowest BCUT2D eigenvalue weighted by molar-refractivity contribution is 0.222. The molecule has 0 aliphatic carbocycles. The number of aliphatic hydroxyl groups excluding tert-OH is 1. The summed E-state index contributed by atoms with van der Waals surface area (Å²) in [4.78, 5) is 0.853. The van der Waals surface area contributed by atoms with E-state index in [2.05, 4.69) is 15.9 Å². The Kier molecular flexibility index (Phi) is 3.42. The van der Waals surface area contributed by atoms with Crippen LogP contribution in [0.4, 0.5) is 4.39 Å². The fraction of sp³-hybridized carbons (Fsp3) is 0.167. The molecule has 1 N–H and O–H groups in total. The molecular formula is C12H10BrFOS. The maximum Gasteiger partial charge on any atom is 0.123 e. The van der Waals surface area contributed by atoms with Crippen LogP contribution in [0.1, 0.15) is 22.1 Å². The van der Waals surface area contributed by atoms with Gasteiger partial charge in [0.15, 0.2) is 0 Å². The Labute approximate surface area is 106 Å². The molecular weight excluding hydrogens is 291 g/mol. The first-order valence-corrected chi connectivity index (χ1v) is 6.44. The van der Waals surface area contributed by atoms with E-state index in [0.717, 1.165) is 10.4 Å². The summed E-state index contributed by atoms with van der Waals surface area (Å²) in [6.07, 6.45) is -0.773. The van der Waals surface area contributed by atoms with Crippen molar-refractivity contribution in [2.24, 2.45) is 0 Å². The van der Waals surface area contributed by atoms with Crippen LogP contribution in [0, 0.1) is 12.7 Å². The van der Waals surface area contributed by atoms with Crippen molar-refractivity contribution in [1.82, 2.24) is 0 Å². The highest BCUT2D eigenvalue weighted by Gasteiger charge is 2.17. The summed E-state index contributed by atoms with van der Waals surface area (Å²) >= 11 is 4.79. The Morgan fingerprint density at radius 1 is 1.38 bits per heavy atom. The van der Waals surface area contributed by atoms with E-state index in [4.69, 9.17) is 0 Å². The normalized spacial score (nSPS) is 12.8. The lowest BCUT2D eigenvalue weighted by Gasteiger charge is -2.12. The zero-order valence-electron chi connectivity index (χ0n) is 8.58. The summed E-state index contributed by atoms with van der Waals surface area (Å²) in [6, 6.07) is 6.27. The maximum atomic E-state index is 13.1. The van der Waals surface area contributed by atoms with Gasteiger partial charge in [-0.2, -0.15) is 0 Å². The highest BCUT2D eigenvalue weighted by atomic mass is 79.9. The third-order valence-corrected chi connectivity index (χ3v) is 4.20. The second-order valence-electron chi connectivity index (χ2n) is 3.54. The second-order valence-corrected chi connectivity index (χ2v) is 5.34. The quantitative estimate of drug-likeness (QED) is 0.887. The molecule has 0 spiro atoms. The zero-order valence-corrected chi connectivity index (χ0v) is 11.0. The molecule has 0 bridgehead atoms. The van der Waals surface area contributed by atoms with Gasteiger partial charge >= 0.3 is 0 Å². The molecule has 2 aromatic rings. The van der Waals surface area contributed by atoms with Gasteiger partial charge in [-0.25, -0.2) is 4.39 Å². The minimum atomic E-state index is -0.773. The van der Waals surface area contributed by atoms with Crippen LogP contribution >= 0.6 is 27.3 Å². The van der Waals surface area contributed by atoms with E-state index in [1.165, 1.54) is 23.5 Å². The minimum Gasteiger partial charge on any atom is -0.383 e. The summed E-state index contributed by atoms with van der Waals surface area (Å²) < 4.78 is 13.8. The van der Waals surface area contributed by atoms with Crippen LogP contribution in [0.3, 0.4) is 0 Å². The summed E-state index contributed by atoms with van der Waals surface area (Å²) in [6.45, 7) is 1.93. The first kappa shape index (κ1) is 11.8. The maximum absolute atomic E-state index is 13.1. The molecule has 0 aliphatic rings. The monoisotopic (exact) mass is 300 g/mol. The Morgan fingerprint density at radius 3 is 2.75 bits per heavy atom. The molecule has 2 rings (SSSR count). The second kappa shape index (κ2) is 4.65. The van der Waals surface area contributed by atoms with E-state index in [9.17, 15) is 9.50 Å². The van der Waals surface area contributed by atoms with Crippen LogP contribution in [0.25, 0.3) is 0 Å². The van der Waals surface area contributed by atoms with E-state index in [-0.39, 0.29) is 5.82 Å². The standard InChI is InChI=1S/C12H10BrFOS/c1-7-4-5-16-12(7)11(15)9-6-8(14)2-3-10(9)13/h2-6,11,15H,1H3. The van der Waals surface area contributed by atoms with Gasteiger partial charge in [-0.15, -0.1) is 11.3 Å². The predicted octanol–water partition coefficient (Wildman–Crippen LogP) is 4.04. The van der Waals surface area contributed by atoms with Crippen molar-refractivity contribution in [2.45, 2.75) is 13.0 Å².